The summed E-state index contributed by atoms with van der Waals surface area (Å²) in [6, 6.07) is 7.63. The number of benzene rings is 1. The SMILES string of the molecule is O=Cc1cccc(C2=CC=[N+]=C3NC=CC23)c1. The molecule has 0 aromatic heterocycles. The zero-order chi connectivity index (χ0) is 11.7. The average molecular weight is 223 g/mol. The Labute approximate surface area is 98.9 Å². The van der Waals surface area contributed by atoms with Gasteiger partial charge < -0.3 is 0 Å². The van der Waals surface area contributed by atoms with Gasteiger partial charge in [-0.15, -0.1) is 0 Å². The molecule has 0 spiro atoms. The first kappa shape index (κ1) is 9.82. The van der Waals surface area contributed by atoms with Crippen molar-refractivity contribution in [2.45, 2.75) is 0 Å². The number of carbonyl (C=O) groups excluding carboxylic acids is 1. The summed E-state index contributed by atoms with van der Waals surface area (Å²) in [6.45, 7) is 0. The van der Waals surface area contributed by atoms with Gasteiger partial charge in [0.25, 0.3) is 0 Å². The van der Waals surface area contributed by atoms with Crippen molar-refractivity contribution < 1.29 is 4.79 Å². The Morgan fingerprint density at radius 2 is 2.29 bits per heavy atom. The number of carbonyl (C=O) groups is 1. The minimum Gasteiger partial charge on any atom is -0.298 e. The van der Waals surface area contributed by atoms with Crippen LogP contribution in [0.1, 0.15) is 15.9 Å². The van der Waals surface area contributed by atoms with Crippen molar-refractivity contribution in [2.24, 2.45) is 5.92 Å². The van der Waals surface area contributed by atoms with Gasteiger partial charge in [-0.1, -0.05) is 18.2 Å². The first-order valence-electron chi connectivity index (χ1n) is 5.48. The third kappa shape index (κ3) is 1.63. The largest absolute Gasteiger partial charge is 0.358 e. The summed E-state index contributed by atoms with van der Waals surface area (Å²) in [5.41, 5.74) is 2.93. The van der Waals surface area contributed by atoms with E-state index in [9.17, 15) is 4.79 Å². The Hall–Kier alpha value is -2.38. The number of allylic oxidation sites excluding steroid dienone is 1. The van der Waals surface area contributed by atoms with Gasteiger partial charge in [0, 0.05) is 5.56 Å². The summed E-state index contributed by atoms with van der Waals surface area (Å²) in [4.78, 5) is 10.8. The molecule has 0 saturated carbocycles. The smallest absolute Gasteiger partial charge is 0.298 e. The van der Waals surface area contributed by atoms with Gasteiger partial charge in [0.05, 0.1) is 6.20 Å². The monoisotopic (exact) mass is 223 g/mol. The van der Waals surface area contributed by atoms with Gasteiger partial charge in [0.15, 0.2) is 6.21 Å². The zero-order valence-electron chi connectivity index (χ0n) is 9.13. The number of nitrogens with one attached hydrogen (secondary N) is 1. The summed E-state index contributed by atoms with van der Waals surface area (Å²) in [5, 5.41) is 3.11. The quantitative estimate of drug-likeness (QED) is 0.604. The lowest BCUT2D eigenvalue weighted by molar-refractivity contribution is 0.112. The maximum absolute atomic E-state index is 10.8. The molecule has 0 saturated heterocycles. The number of hydrogen-bond donors (Lipinski definition) is 1. The molecule has 2 aliphatic rings. The molecule has 1 unspecified atom stereocenters. The predicted molar refractivity (Wildman–Crippen MR) is 68.8 cm³/mol. The number of nitrogens with zero attached hydrogens (tertiary/aromatic N) is 1. The minimum absolute atomic E-state index is 0.182. The fourth-order valence-electron chi connectivity index (χ4n) is 2.15. The highest BCUT2D eigenvalue weighted by Gasteiger charge is 2.31. The van der Waals surface area contributed by atoms with E-state index in [4.69, 9.17) is 0 Å². The van der Waals surface area contributed by atoms with E-state index in [1.54, 1.807) is 12.3 Å². The molecule has 0 amide bonds. The molecule has 1 aromatic carbocycles. The van der Waals surface area contributed by atoms with Crippen LogP contribution in [-0.4, -0.2) is 18.3 Å². The standard InChI is InChI=1S/C14H10N2O/c17-9-10-2-1-3-11(8-10)12-4-6-15-14-13(12)5-7-16-14/h1-9,13H/p+1. The normalized spacial score (nSPS) is 20.4. The summed E-state index contributed by atoms with van der Waals surface area (Å²) in [6.07, 6.45) is 8.63. The first-order chi connectivity index (χ1) is 8.38. The lowest BCUT2D eigenvalue weighted by Gasteiger charge is -2.11. The predicted octanol–water partition coefficient (Wildman–Crippen LogP) is 1.17. The molecule has 0 bridgehead atoms. The molecule has 0 fully saturated rings. The molecule has 82 valence electrons. The molecule has 3 nitrogen and oxygen atoms in total. The second-order valence-electron chi connectivity index (χ2n) is 4.01. The lowest BCUT2D eigenvalue weighted by Crippen LogP contribution is -2.25. The third-order valence-corrected chi connectivity index (χ3v) is 2.97. The Kier molecular flexibility index (Phi) is 2.25. The molecule has 2 heterocycles. The van der Waals surface area contributed by atoms with E-state index in [1.165, 1.54) is 5.57 Å². The van der Waals surface area contributed by atoms with Crippen LogP contribution in [0.2, 0.25) is 0 Å². The van der Waals surface area contributed by atoms with Gasteiger partial charge in [0.2, 0.25) is 0 Å². The topological polar surface area (TPSA) is 43.2 Å². The molecular formula is C14H11N2O+. The Morgan fingerprint density at radius 3 is 3.18 bits per heavy atom. The number of amidine groups is 1. The van der Waals surface area contributed by atoms with E-state index in [2.05, 4.69) is 16.1 Å². The van der Waals surface area contributed by atoms with E-state index in [1.807, 2.05) is 30.5 Å². The van der Waals surface area contributed by atoms with E-state index in [0.29, 0.717) is 5.56 Å². The molecule has 1 aromatic rings. The van der Waals surface area contributed by atoms with Crippen molar-refractivity contribution in [1.29, 1.82) is 0 Å². The van der Waals surface area contributed by atoms with Crippen molar-refractivity contribution in [3.8, 4) is 0 Å². The zero-order valence-corrected chi connectivity index (χ0v) is 9.13. The molecular weight excluding hydrogens is 212 g/mol. The van der Waals surface area contributed by atoms with Crippen LogP contribution in [0, 0.1) is 5.92 Å². The number of rotatable bonds is 2. The maximum atomic E-state index is 10.8. The van der Waals surface area contributed by atoms with Crippen LogP contribution in [0.15, 0.2) is 42.6 Å². The highest BCUT2D eigenvalue weighted by Crippen LogP contribution is 2.27. The Balaban J connectivity index is 2.05. The molecule has 2 aliphatic heterocycles. The van der Waals surface area contributed by atoms with Crippen molar-refractivity contribution in [2.75, 3.05) is 0 Å². The molecule has 3 rings (SSSR count). The number of fused-ring (bicyclic) bond motifs is 1. The van der Waals surface area contributed by atoms with Gasteiger partial charge in [-0.25, -0.2) is 9.98 Å². The minimum atomic E-state index is 0.182. The van der Waals surface area contributed by atoms with Crippen molar-refractivity contribution >= 4 is 23.9 Å². The molecule has 0 radical (unpaired) electrons. The average Bonchev–Trinajstić information content (AvgIpc) is 2.87. The molecule has 0 aliphatic carbocycles. The van der Waals surface area contributed by atoms with E-state index < -0.39 is 0 Å². The maximum Gasteiger partial charge on any atom is 0.358 e. The van der Waals surface area contributed by atoms with Crippen LogP contribution >= 0.6 is 0 Å². The van der Waals surface area contributed by atoms with Gasteiger partial charge in [-0.05, 0) is 29.4 Å². The molecule has 1 N–H and O–H groups in total. The van der Waals surface area contributed by atoms with Crippen LogP contribution in [0.25, 0.3) is 5.57 Å². The van der Waals surface area contributed by atoms with Crippen molar-refractivity contribution in [3.05, 3.63) is 53.7 Å². The van der Waals surface area contributed by atoms with E-state index >= 15 is 0 Å². The number of aldehydes is 1. The van der Waals surface area contributed by atoms with Gasteiger partial charge in [-0.2, -0.15) is 0 Å². The van der Waals surface area contributed by atoms with Gasteiger partial charge >= 0.3 is 5.84 Å². The van der Waals surface area contributed by atoms with Crippen LogP contribution in [0.3, 0.4) is 0 Å². The summed E-state index contributed by atoms with van der Waals surface area (Å²) < 4.78 is 4.28. The Morgan fingerprint density at radius 1 is 1.35 bits per heavy atom. The summed E-state index contributed by atoms with van der Waals surface area (Å²) in [5.74, 6) is 1.13. The second-order valence-corrected chi connectivity index (χ2v) is 4.01. The fourth-order valence-corrected chi connectivity index (χ4v) is 2.15. The highest BCUT2D eigenvalue weighted by molar-refractivity contribution is 6.06. The van der Waals surface area contributed by atoms with Crippen molar-refractivity contribution in [3.63, 3.8) is 0 Å². The van der Waals surface area contributed by atoms with Crippen LogP contribution in [0.4, 0.5) is 0 Å². The van der Waals surface area contributed by atoms with Crippen molar-refractivity contribution in [1.82, 2.24) is 9.98 Å². The fraction of sp³-hybridized carbons (Fsp3) is 0.0714. The summed E-state index contributed by atoms with van der Waals surface area (Å²) >= 11 is 0. The third-order valence-electron chi connectivity index (χ3n) is 2.97. The Bertz CT molecular complexity index is 604. The van der Waals surface area contributed by atoms with Gasteiger partial charge in [0.1, 0.15) is 12.2 Å². The first-order valence-corrected chi connectivity index (χ1v) is 5.48. The molecule has 1 atom stereocenters. The van der Waals surface area contributed by atoms with E-state index in [0.717, 1.165) is 17.7 Å². The van der Waals surface area contributed by atoms with Crippen LogP contribution in [0.5, 0.6) is 0 Å². The van der Waals surface area contributed by atoms with Crippen LogP contribution in [-0.2, 0) is 0 Å². The lowest BCUT2D eigenvalue weighted by atomic mass is 9.90. The molecule has 17 heavy (non-hydrogen) atoms. The highest BCUT2D eigenvalue weighted by atomic mass is 16.1. The summed E-state index contributed by atoms with van der Waals surface area (Å²) in [7, 11) is 0. The number of hydrogen-bond acceptors (Lipinski definition) is 2. The second kappa shape index (κ2) is 3.89. The van der Waals surface area contributed by atoms with E-state index in [-0.39, 0.29) is 5.92 Å². The van der Waals surface area contributed by atoms with Gasteiger partial charge in [-0.3, -0.25) is 4.79 Å². The van der Waals surface area contributed by atoms with Crippen LogP contribution < -0.4 is 9.98 Å². The molecule has 3 heteroatoms.